The summed E-state index contributed by atoms with van der Waals surface area (Å²) in [7, 11) is 0. The minimum absolute atomic E-state index is 0.124. The van der Waals surface area contributed by atoms with E-state index in [0.29, 0.717) is 24.6 Å². The van der Waals surface area contributed by atoms with Gasteiger partial charge in [0.25, 0.3) is 5.91 Å². The molecule has 0 saturated carbocycles. The molecular formula is C18H19N7O. The van der Waals surface area contributed by atoms with E-state index in [1.165, 1.54) is 0 Å². The lowest BCUT2D eigenvalue weighted by Crippen LogP contribution is -2.26. The highest BCUT2D eigenvalue weighted by atomic mass is 16.2. The molecule has 0 N–H and O–H groups in total. The van der Waals surface area contributed by atoms with Crippen LogP contribution in [-0.2, 0) is 18.5 Å². The fourth-order valence-electron chi connectivity index (χ4n) is 2.83. The van der Waals surface area contributed by atoms with E-state index in [2.05, 4.69) is 45.9 Å². The van der Waals surface area contributed by atoms with Crippen LogP contribution in [0.1, 0.15) is 48.3 Å². The first-order valence-corrected chi connectivity index (χ1v) is 8.38. The maximum atomic E-state index is 12.9. The van der Waals surface area contributed by atoms with Crippen LogP contribution in [0.3, 0.4) is 0 Å². The van der Waals surface area contributed by atoms with E-state index < -0.39 is 0 Å². The van der Waals surface area contributed by atoms with E-state index in [9.17, 15) is 4.79 Å². The molecule has 4 heterocycles. The monoisotopic (exact) mass is 349 g/mol. The summed E-state index contributed by atoms with van der Waals surface area (Å²) < 4.78 is 1.66. The molecule has 1 aliphatic heterocycles. The highest BCUT2D eigenvalue weighted by molar-refractivity contribution is 5.92. The van der Waals surface area contributed by atoms with Crippen LogP contribution in [0.2, 0.25) is 0 Å². The van der Waals surface area contributed by atoms with Crippen molar-refractivity contribution in [2.24, 2.45) is 0 Å². The molecule has 0 aromatic carbocycles. The van der Waals surface area contributed by atoms with Gasteiger partial charge in [-0.2, -0.15) is 0 Å². The fraction of sp³-hybridized carbons (Fsp3) is 0.333. The zero-order chi connectivity index (χ0) is 18.3. The summed E-state index contributed by atoms with van der Waals surface area (Å²) in [6.45, 7) is 7.20. The Morgan fingerprint density at radius 3 is 2.58 bits per heavy atom. The van der Waals surface area contributed by atoms with E-state index in [4.69, 9.17) is 0 Å². The predicted molar refractivity (Wildman–Crippen MR) is 93.5 cm³/mol. The quantitative estimate of drug-likeness (QED) is 0.702. The second kappa shape index (κ2) is 5.98. The third-order valence-corrected chi connectivity index (χ3v) is 4.25. The summed E-state index contributed by atoms with van der Waals surface area (Å²) in [5.41, 5.74) is 2.16. The first-order chi connectivity index (χ1) is 12.4. The summed E-state index contributed by atoms with van der Waals surface area (Å²) in [5.74, 6) is 1.26. The maximum absolute atomic E-state index is 12.9. The Kier molecular flexibility index (Phi) is 3.75. The van der Waals surface area contributed by atoms with E-state index >= 15 is 0 Å². The van der Waals surface area contributed by atoms with Crippen LogP contribution in [0.15, 0.2) is 37.1 Å². The first kappa shape index (κ1) is 16.3. The molecule has 132 valence electrons. The fourth-order valence-corrected chi connectivity index (χ4v) is 2.83. The molecule has 1 aliphatic rings. The van der Waals surface area contributed by atoms with Crippen molar-refractivity contribution >= 4 is 5.91 Å². The molecule has 0 fully saturated rings. The number of hydrogen-bond acceptors (Lipinski definition) is 6. The first-order valence-electron chi connectivity index (χ1n) is 8.38. The van der Waals surface area contributed by atoms with Crippen molar-refractivity contribution in [3.8, 4) is 5.82 Å². The van der Waals surface area contributed by atoms with Gasteiger partial charge < -0.3 is 4.90 Å². The van der Waals surface area contributed by atoms with Crippen LogP contribution in [0.25, 0.3) is 5.82 Å². The molecule has 0 bridgehead atoms. The normalized spacial score (nSPS) is 13.7. The van der Waals surface area contributed by atoms with Crippen LogP contribution in [0.5, 0.6) is 0 Å². The molecule has 0 aliphatic carbocycles. The Hall–Kier alpha value is -3.16. The highest BCUT2D eigenvalue weighted by Gasteiger charge is 2.28. The highest BCUT2D eigenvalue weighted by Crippen LogP contribution is 2.25. The maximum Gasteiger partial charge on any atom is 0.273 e. The standard InChI is InChI=1S/C18H19N7O/c1-18(2,3)17-19-7-12-8-24(9-14(12)23-17)16(26)13-5-4-6-15(22-13)25-10-20-21-11-25/h4-7,10-11H,8-9H2,1-3H3. The van der Waals surface area contributed by atoms with Gasteiger partial charge in [0.15, 0.2) is 0 Å². The van der Waals surface area contributed by atoms with Crippen LogP contribution in [-0.4, -0.2) is 40.5 Å². The molecule has 0 saturated heterocycles. The third-order valence-electron chi connectivity index (χ3n) is 4.25. The molecule has 1 amide bonds. The molecule has 0 unspecified atom stereocenters. The van der Waals surface area contributed by atoms with Crippen molar-refractivity contribution in [2.45, 2.75) is 39.3 Å². The van der Waals surface area contributed by atoms with Gasteiger partial charge in [0.2, 0.25) is 0 Å². The van der Waals surface area contributed by atoms with Gasteiger partial charge >= 0.3 is 0 Å². The second-order valence-electron chi connectivity index (χ2n) is 7.33. The number of amides is 1. The zero-order valence-corrected chi connectivity index (χ0v) is 14.9. The lowest BCUT2D eigenvalue weighted by atomic mass is 9.95. The van der Waals surface area contributed by atoms with Crippen molar-refractivity contribution in [3.05, 3.63) is 59.8 Å². The zero-order valence-electron chi connectivity index (χ0n) is 14.9. The number of carbonyl (C=O) groups excluding carboxylic acids is 1. The summed E-state index contributed by atoms with van der Waals surface area (Å²) in [4.78, 5) is 28.2. The second-order valence-corrected chi connectivity index (χ2v) is 7.33. The smallest absolute Gasteiger partial charge is 0.273 e. The topological polar surface area (TPSA) is 89.7 Å². The van der Waals surface area contributed by atoms with Gasteiger partial charge in [-0.15, -0.1) is 10.2 Å². The molecule has 26 heavy (non-hydrogen) atoms. The molecule has 0 spiro atoms. The van der Waals surface area contributed by atoms with Gasteiger partial charge in [-0.05, 0) is 12.1 Å². The SMILES string of the molecule is CC(C)(C)c1ncc2c(n1)CN(C(=O)c1cccc(-n3cnnc3)n1)C2. The Morgan fingerprint density at radius 1 is 1.08 bits per heavy atom. The van der Waals surface area contributed by atoms with Gasteiger partial charge in [0.05, 0.1) is 12.2 Å². The minimum atomic E-state index is -0.129. The van der Waals surface area contributed by atoms with Crippen LogP contribution in [0, 0.1) is 0 Å². The van der Waals surface area contributed by atoms with E-state index in [0.717, 1.165) is 17.1 Å². The molecule has 8 nitrogen and oxygen atoms in total. The third kappa shape index (κ3) is 2.94. The largest absolute Gasteiger partial charge is 0.327 e. The minimum Gasteiger partial charge on any atom is -0.327 e. The molecule has 3 aromatic rings. The van der Waals surface area contributed by atoms with Gasteiger partial charge in [0.1, 0.15) is 30.0 Å². The lowest BCUT2D eigenvalue weighted by Gasteiger charge is -2.16. The van der Waals surface area contributed by atoms with E-state index in [-0.39, 0.29) is 11.3 Å². The Labute approximate surface area is 151 Å². The van der Waals surface area contributed by atoms with Crippen molar-refractivity contribution in [2.75, 3.05) is 0 Å². The van der Waals surface area contributed by atoms with Crippen molar-refractivity contribution in [3.63, 3.8) is 0 Å². The van der Waals surface area contributed by atoms with Crippen molar-refractivity contribution < 1.29 is 4.79 Å². The van der Waals surface area contributed by atoms with Crippen LogP contribution in [0.4, 0.5) is 0 Å². The molecule has 8 heteroatoms. The van der Waals surface area contributed by atoms with Gasteiger partial charge in [-0.1, -0.05) is 26.8 Å². The predicted octanol–water partition coefficient (Wildman–Crippen LogP) is 1.91. The summed E-state index contributed by atoms with van der Waals surface area (Å²) in [6, 6.07) is 5.32. The van der Waals surface area contributed by atoms with Crippen molar-refractivity contribution in [1.82, 2.24) is 34.6 Å². The number of hydrogen-bond donors (Lipinski definition) is 0. The number of carbonyl (C=O) groups is 1. The van der Waals surface area contributed by atoms with Crippen LogP contribution >= 0.6 is 0 Å². The van der Waals surface area contributed by atoms with Gasteiger partial charge in [-0.3, -0.25) is 9.36 Å². The Morgan fingerprint density at radius 2 is 1.85 bits per heavy atom. The van der Waals surface area contributed by atoms with Gasteiger partial charge in [0, 0.05) is 23.7 Å². The average Bonchev–Trinajstić information content (AvgIpc) is 3.29. The molecule has 0 atom stereocenters. The van der Waals surface area contributed by atoms with E-state index in [1.807, 2.05) is 6.20 Å². The lowest BCUT2D eigenvalue weighted by molar-refractivity contribution is 0.0744. The number of fused-ring (bicyclic) bond motifs is 1. The summed E-state index contributed by atoms with van der Waals surface area (Å²) in [6.07, 6.45) is 4.93. The molecule has 3 aromatic heterocycles. The molecular weight excluding hydrogens is 330 g/mol. The number of aromatic nitrogens is 6. The average molecular weight is 349 g/mol. The molecule has 4 rings (SSSR count). The molecule has 0 radical (unpaired) electrons. The number of pyridine rings is 1. The summed E-state index contributed by atoms with van der Waals surface area (Å²) in [5, 5.41) is 7.54. The van der Waals surface area contributed by atoms with Gasteiger partial charge in [-0.25, -0.2) is 15.0 Å². The van der Waals surface area contributed by atoms with Crippen LogP contribution < -0.4 is 0 Å². The Bertz CT molecular complexity index is 960. The number of rotatable bonds is 2. The Balaban J connectivity index is 1.57. The summed E-state index contributed by atoms with van der Waals surface area (Å²) >= 11 is 0. The van der Waals surface area contributed by atoms with E-state index in [1.54, 1.807) is 40.3 Å². The van der Waals surface area contributed by atoms with Crippen molar-refractivity contribution in [1.29, 1.82) is 0 Å². The number of nitrogens with zero attached hydrogens (tertiary/aromatic N) is 7.